The molecule has 0 saturated carbocycles. The number of methoxy groups -OCH3 is 1. The lowest BCUT2D eigenvalue weighted by atomic mass is 9.98. The molecule has 10 heteroatoms. The third-order valence-corrected chi connectivity index (χ3v) is 7.02. The number of hydrogen-bond acceptors (Lipinski definition) is 6. The monoisotopic (exact) mass is 436 g/mol. The van der Waals surface area contributed by atoms with Crippen LogP contribution in [0.4, 0.5) is 10.1 Å². The number of rotatable bonds is 5. The van der Waals surface area contributed by atoms with Crippen molar-refractivity contribution in [3.8, 4) is 17.2 Å². The standard InChI is InChI=1S/C20H21FN2O6S/c1-27-17-6-4-14(21)9-19(17)30(25,26)23-8-2-3-13(11-23)20(24)22-15-5-7-16-18(10-15)29-12-28-16/h4-7,9-10,13H,2-3,8,11-12H2,1H3,(H,22,24)/t13-/m1/s1. The summed E-state index contributed by atoms with van der Waals surface area (Å²) < 4.78 is 56.7. The van der Waals surface area contributed by atoms with Crippen molar-refractivity contribution in [3.63, 3.8) is 0 Å². The van der Waals surface area contributed by atoms with Crippen molar-refractivity contribution < 1.29 is 31.8 Å². The van der Waals surface area contributed by atoms with E-state index >= 15 is 0 Å². The highest BCUT2D eigenvalue weighted by Gasteiger charge is 2.35. The van der Waals surface area contributed by atoms with Gasteiger partial charge in [0.15, 0.2) is 11.5 Å². The molecule has 160 valence electrons. The lowest BCUT2D eigenvalue weighted by Crippen LogP contribution is -2.43. The van der Waals surface area contributed by atoms with Gasteiger partial charge in [-0.05, 0) is 43.2 Å². The van der Waals surface area contributed by atoms with Gasteiger partial charge in [-0.3, -0.25) is 4.79 Å². The van der Waals surface area contributed by atoms with Gasteiger partial charge in [-0.25, -0.2) is 12.8 Å². The molecule has 2 aliphatic rings. The Morgan fingerprint density at radius 1 is 1.20 bits per heavy atom. The van der Waals surface area contributed by atoms with Gasteiger partial charge in [0, 0.05) is 24.8 Å². The van der Waals surface area contributed by atoms with Crippen molar-refractivity contribution in [3.05, 3.63) is 42.2 Å². The molecule has 2 aromatic carbocycles. The van der Waals surface area contributed by atoms with E-state index in [1.165, 1.54) is 17.5 Å². The highest BCUT2D eigenvalue weighted by molar-refractivity contribution is 7.89. The maximum Gasteiger partial charge on any atom is 0.246 e. The molecule has 1 amide bonds. The number of anilines is 1. The predicted molar refractivity (Wildman–Crippen MR) is 106 cm³/mol. The second-order valence-corrected chi connectivity index (χ2v) is 8.96. The van der Waals surface area contributed by atoms with Gasteiger partial charge in [0.05, 0.1) is 13.0 Å². The fourth-order valence-electron chi connectivity index (χ4n) is 3.58. The predicted octanol–water partition coefficient (Wildman–Crippen LogP) is 2.60. The summed E-state index contributed by atoms with van der Waals surface area (Å²) in [6.07, 6.45) is 1.05. The molecule has 8 nitrogen and oxygen atoms in total. The zero-order valence-electron chi connectivity index (χ0n) is 16.3. The van der Waals surface area contributed by atoms with Crippen molar-refractivity contribution in [1.82, 2.24) is 4.31 Å². The van der Waals surface area contributed by atoms with E-state index in [1.54, 1.807) is 18.2 Å². The summed E-state index contributed by atoms with van der Waals surface area (Å²) in [7, 11) is -2.70. The zero-order valence-corrected chi connectivity index (χ0v) is 17.1. The summed E-state index contributed by atoms with van der Waals surface area (Å²) in [6, 6.07) is 8.40. The van der Waals surface area contributed by atoms with Crippen LogP contribution >= 0.6 is 0 Å². The SMILES string of the molecule is COc1ccc(F)cc1S(=O)(=O)N1CCC[C@@H](C(=O)Nc2ccc3c(c2)OCO3)C1. The summed E-state index contributed by atoms with van der Waals surface area (Å²) in [5.74, 6) is -0.309. The second-order valence-electron chi connectivity index (χ2n) is 7.05. The van der Waals surface area contributed by atoms with E-state index < -0.39 is 21.8 Å². The summed E-state index contributed by atoms with van der Waals surface area (Å²) in [6.45, 7) is 0.375. The van der Waals surface area contributed by atoms with E-state index in [4.69, 9.17) is 14.2 Å². The molecule has 0 radical (unpaired) electrons. The first-order chi connectivity index (χ1) is 14.4. The zero-order chi connectivity index (χ0) is 21.3. The number of fused-ring (bicyclic) bond motifs is 1. The number of benzene rings is 2. The summed E-state index contributed by atoms with van der Waals surface area (Å²) in [5, 5.41) is 2.80. The largest absolute Gasteiger partial charge is 0.495 e. The van der Waals surface area contributed by atoms with Gasteiger partial charge in [-0.15, -0.1) is 0 Å². The average molecular weight is 436 g/mol. The molecule has 4 rings (SSSR count). The fourth-order valence-corrected chi connectivity index (χ4v) is 5.28. The number of sulfonamides is 1. The smallest absolute Gasteiger partial charge is 0.246 e. The Kier molecular flexibility index (Phi) is 5.52. The molecule has 0 bridgehead atoms. The normalized spacial score (nSPS) is 18.8. The van der Waals surface area contributed by atoms with Crippen LogP contribution in [0.25, 0.3) is 0 Å². The molecule has 1 N–H and O–H groups in total. The molecular weight excluding hydrogens is 415 g/mol. The highest BCUT2D eigenvalue weighted by Crippen LogP contribution is 2.35. The second kappa shape index (κ2) is 8.11. The molecule has 0 unspecified atom stereocenters. The van der Waals surface area contributed by atoms with Crippen molar-refractivity contribution in [2.75, 3.05) is 32.3 Å². The van der Waals surface area contributed by atoms with Gasteiger partial charge >= 0.3 is 0 Å². The van der Waals surface area contributed by atoms with Gasteiger partial charge in [0.25, 0.3) is 0 Å². The molecule has 1 saturated heterocycles. The van der Waals surface area contributed by atoms with Crippen molar-refractivity contribution in [1.29, 1.82) is 0 Å². The van der Waals surface area contributed by atoms with Gasteiger partial charge in [-0.1, -0.05) is 0 Å². The Labute approximate surface area is 173 Å². The maximum atomic E-state index is 13.7. The molecule has 1 atom stereocenters. The van der Waals surface area contributed by atoms with Gasteiger partial charge in [0.1, 0.15) is 16.5 Å². The minimum atomic E-state index is -4.02. The number of carbonyl (C=O) groups is 1. The van der Waals surface area contributed by atoms with E-state index in [0.29, 0.717) is 30.0 Å². The highest BCUT2D eigenvalue weighted by atomic mass is 32.2. The summed E-state index contributed by atoms with van der Waals surface area (Å²) >= 11 is 0. The van der Waals surface area contributed by atoms with Crippen LogP contribution in [0.15, 0.2) is 41.3 Å². The number of halogens is 1. The number of amides is 1. The Morgan fingerprint density at radius 3 is 2.80 bits per heavy atom. The maximum absolute atomic E-state index is 13.7. The molecule has 0 aliphatic carbocycles. The topological polar surface area (TPSA) is 94.2 Å². The van der Waals surface area contributed by atoms with Crippen molar-refractivity contribution in [2.24, 2.45) is 5.92 Å². The van der Waals surface area contributed by atoms with Crippen molar-refractivity contribution >= 4 is 21.6 Å². The lowest BCUT2D eigenvalue weighted by molar-refractivity contribution is -0.120. The Hall–Kier alpha value is -2.85. The van der Waals surface area contributed by atoms with Crippen LogP contribution in [-0.2, 0) is 14.8 Å². The molecule has 2 aliphatic heterocycles. The van der Waals surface area contributed by atoms with Crippen LogP contribution in [-0.4, -0.2) is 45.6 Å². The number of nitrogens with one attached hydrogen (secondary N) is 1. The van der Waals surface area contributed by atoms with Crippen LogP contribution < -0.4 is 19.5 Å². The van der Waals surface area contributed by atoms with Crippen LogP contribution in [0.5, 0.6) is 17.2 Å². The molecule has 30 heavy (non-hydrogen) atoms. The fraction of sp³-hybridized carbons (Fsp3) is 0.350. The molecular formula is C20H21FN2O6S. The van der Waals surface area contributed by atoms with Crippen molar-refractivity contribution in [2.45, 2.75) is 17.7 Å². The number of hydrogen-bond donors (Lipinski definition) is 1. The van der Waals surface area contributed by atoms with Crippen LogP contribution in [0.2, 0.25) is 0 Å². The third kappa shape index (κ3) is 3.92. The molecule has 1 fully saturated rings. The molecule has 0 aromatic heterocycles. The van der Waals surface area contributed by atoms with E-state index in [1.807, 2.05) is 0 Å². The van der Waals surface area contributed by atoms with Gasteiger partial charge in [-0.2, -0.15) is 4.31 Å². The Bertz CT molecular complexity index is 1070. The minimum Gasteiger partial charge on any atom is -0.495 e. The Balaban J connectivity index is 1.50. The average Bonchev–Trinajstić information content (AvgIpc) is 3.21. The van der Waals surface area contributed by atoms with E-state index in [-0.39, 0.29) is 36.4 Å². The van der Waals surface area contributed by atoms with Crippen LogP contribution in [0.3, 0.4) is 0 Å². The summed E-state index contributed by atoms with van der Waals surface area (Å²) in [4.78, 5) is 12.5. The lowest BCUT2D eigenvalue weighted by Gasteiger charge is -2.31. The first kappa shape index (κ1) is 20.4. The van der Waals surface area contributed by atoms with E-state index in [9.17, 15) is 17.6 Å². The first-order valence-electron chi connectivity index (χ1n) is 9.42. The molecule has 2 aromatic rings. The third-order valence-electron chi connectivity index (χ3n) is 5.14. The number of nitrogens with zero attached hydrogens (tertiary/aromatic N) is 1. The van der Waals surface area contributed by atoms with Crippen LogP contribution in [0.1, 0.15) is 12.8 Å². The van der Waals surface area contributed by atoms with Gasteiger partial charge in [0.2, 0.25) is 22.7 Å². The minimum absolute atomic E-state index is 0.00160. The summed E-state index contributed by atoms with van der Waals surface area (Å²) in [5.41, 5.74) is 0.538. The van der Waals surface area contributed by atoms with E-state index in [0.717, 1.165) is 12.1 Å². The first-order valence-corrected chi connectivity index (χ1v) is 10.9. The quantitative estimate of drug-likeness (QED) is 0.774. The van der Waals surface area contributed by atoms with Crippen LogP contribution in [0, 0.1) is 11.7 Å². The number of ether oxygens (including phenoxy) is 3. The number of piperidine rings is 1. The van der Waals surface area contributed by atoms with Gasteiger partial charge < -0.3 is 19.5 Å². The Morgan fingerprint density at radius 2 is 2.00 bits per heavy atom. The number of carbonyl (C=O) groups excluding carboxylic acids is 1. The molecule has 2 heterocycles. The van der Waals surface area contributed by atoms with E-state index in [2.05, 4.69) is 5.32 Å². The molecule has 0 spiro atoms.